The van der Waals surface area contributed by atoms with Gasteiger partial charge in [0.05, 0.1) is 31.3 Å². The van der Waals surface area contributed by atoms with E-state index in [9.17, 15) is 61.5 Å². The Bertz CT molecular complexity index is 3750. The normalized spacial score (nSPS) is 11.5. The van der Waals surface area contributed by atoms with Crippen molar-refractivity contribution in [1.29, 1.82) is 0 Å². The Hall–Kier alpha value is -3.39. The summed E-state index contributed by atoms with van der Waals surface area (Å²) in [5.41, 5.74) is -1.97. The van der Waals surface area contributed by atoms with Crippen LogP contribution in [0.25, 0.3) is 44.6 Å². The number of nitrogens with zero attached hydrogens (tertiary/aromatic N) is 5. The summed E-state index contributed by atoms with van der Waals surface area (Å²) in [5, 5.41) is 7.73. The molecule has 0 aliphatic heterocycles. The first-order chi connectivity index (χ1) is 32.4. The smallest absolute Gasteiger partial charge is 0.716 e. The number of rotatable bonds is 20. The summed E-state index contributed by atoms with van der Waals surface area (Å²) in [4.78, 5) is 32.1. The van der Waals surface area contributed by atoms with Crippen molar-refractivity contribution in [2.75, 3.05) is 14.2 Å². The second kappa shape index (κ2) is 26.1. The monoisotopic (exact) mass is 1130 g/mol. The predicted octanol–water partition coefficient (Wildman–Crippen LogP) is -10.1. The van der Waals surface area contributed by atoms with Gasteiger partial charge in [0, 0.05) is 36.3 Å². The van der Waals surface area contributed by atoms with Crippen LogP contribution < -0.4 is 160 Å². The molecule has 0 bridgehead atoms. The first-order valence-corrected chi connectivity index (χ1v) is 24.4. The van der Waals surface area contributed by atoms with E-state index in [0.717, 1.165) is 37.4 Å². The van der Waals surface area contributed by atoms with Gasteiger partial charge in [0.25, 0.3) is 47.2 Å². The van der Waals surface area contributed by atoms with E-state index in [1.54, 1.807) is 24.3 Å². The van der Waals surface area contributed by atoms with Crippen LogP contribution in [0.4, 0.5) is 0 Å². The van der Waals surface area contributed by atoms with E-state index in [4.69, 9.17) is 18.6 Å². The molecule has 27 nitrogen and oxygen atoms in total. The van der Waals surface area contributed by atoms with Crippen LogP contribution >= 0.6 is 0 Å². The molecule has 3 heterocycles. The molecule has 73 heavy (non-hydrogen) atoms. The summed E-state index contributed by atoms with van der Waals surface area (Å²) in [6, 6.07) is 14.6. The predicted molar refractivity (Wildman–Crippen MR) is 227 cm³/mol. The van der Waals surface area contributed by atoms with Gasteiger partial charge in [0.1, 0.15) is 40.6 Å². The number of fused-ring (bicyclic) bond motifs is 2. The van der Waals surface area contributed by atoms with Crippen molar-refractivity contribution in [2.45, 2.75) is 32.5 Å². The summed E-state index contributed by atoms with van der Waals surface area (Å²) in [7, 11) is -19.5. The summed E-state index contributed by atoms with van der Waals surface area (Å²) in [6.07, 6.45) is 2.16. The molecular formula is C38H29N5Na4O22S4. The zero-order valence-electron chi connectivity index (χ0n) is 38.9. The van der Waals surface area contributed by atoms with E-state index in [2.05, 4.69) is 32.0 Å². The quantitative estimate of drug-likeness (QED) is 0.0296. The summed E-state index contributed by atoms with van der Waals surface area (Å²) in [6.45, 7) is -0.191. The number of unbranched alkanes of at least 4 members (excludes halogenated alkanes) is 1. The van der Waals surface area contributed by atoms with Gasteiger partial charge in [-0.25, -0.2) is 38.7 Å². The van der Waals surface area contributed by atoms with E-state index in [-0.39, 0.29) is 154 Å². The van der Waals surface area contributed by atoms with E-state index >= 15 is 0 Å². The SMILES string of the molecule is COc1cc(-c2nc3ccccc3c(=O)n2CCCCn2cc(COc3cc(-c4oc5cc(OS(=O)(=O)[O-])cc(OC)c5c(=O)c4OS(=O)(=O)[O-])ccc3OS(=O)(=O)[O-])nn2)ccc1OS(=O)(=O)[O-].[Na+].[Na+].[Na+].[Na+]. The van der Waals surface area contributed by atoms with Crippen molar-refractivity contribution < 1.29 is 205 Å². The molecule has 0 atom stereocenters. The maximum Gasteiger partial charge on any atom is 1.00 e. The molecule has 0 saturated heterocycles. The molecule has 0 amide bonds. The number of ether oxygens (including phenoxy) is 3. The second-order valence-electron chi connectivity index (χ2n) is 14.0. The van der Waals surface area contributed by atoms with Gasteiger partial charge < -0.3 is 53.6 Å². The molecule has 0 radical (unpaired) electrons. The molecule has 35 heteroatoms. The molecule has 366 valence electrons. The van der Waals surface area contributed by atoms with Gasteiger partial charge in [-0.05, 0) is 61.4 Å². The fourth-order valence-corrected chi connectivity index (χ4v) is 8.07. The molecule has 7 aromatic rings. The van der Waals surface area contributed by atoms with Gasteiger partial charge in [-0.15, -0.1) is 5.10 Å². The Morgan fingerprint density at radius 1 is 0.630 bits per heavy atom. The molecule has 0 spiro atoms. The van der Waals surface area contributed by atoms with Crippen molar-refractivity contribution in [3.8, 4) is 63.0 Å². The zero-order chi connectivity index (χ0) is 50.1. The second-order valence-corrected chi connectivity index (χ2v) is 17.9. The number of para-hydroxylation sites is 1. The van der Waals surface area contributed by atoms with Crippen LogP contribution in [0.2, 0.25) is 0 Å². The maximum absolute atomic E-state index is 13.8. The number of aryl methyl sites for hydroxylation is 1. The number of hydrogen-bond acceptors (Lipinski definition) is 25. The summed E-state index contributed by atoms with van der Waals surface area (Å²) in [5.74, 6) is -5.01. The van der Waals surface area contributed by atoms with Crippen LogP contribution in [0, 0.1) is 0 Å². The standard InChI is InChI=1S/C38H33N5O22S4.4Na/c1-58-29-16-22(10-12-27(29)63-67(49,50)51)37-39-26-8-4-3-7-25(26)38(45)43(37)14-6-5-13-42-19-23(40-41-42)20-60-30-15-21(9-11-28(30)64-68(52,53)54)35-36(65-69(55,56)57)34(44)33-31(59-2)17-24(18-32(33)61-35)62-66(46,47)48;;;;/h3-4,7-12,15-19H,5-6,13-14,20H2,1-2H3,(H,46,47,48)(H,49,50,51)(H,52,53,54)(H,55,56,57);;;;/q;4*+1/p-4. The minimum absolute atomic E-state index is 0. The van der Waals surface area contributed by atoms with Crippen molar-refractivity contribution in [3.05, 3.63) is 105 Å². The number of hydrogen-bond donors (Lipinski definition) is 0. The first kappa shape index (κ1) is 63.9. The number of aromatic nitrogens is 5. The van der Waals surface area contributed by atoms with Gasteiger partial charge in [-0.2, -0.15) is 0 Å². The van der Waals surface area contributed by atoms with Gasteiger partial charge in [-0.1, -0.05) is 17.3 Å². The Morgan fingerprint density at radius 2 is 1.21 bits per heavy atom. The van der Waals surface area contributed by atoms with Gasteiger partial charge >= 0.3 is 118 Å². The molecule has 7 rings (SSSR count). The molecule has 4 aromatic carbocycles. The summed E-state index contributed by atoms with van der Waals surface area (Å²) < 4.78 is 180. The molecule has 0 fully saturated rings. The maximum atomic E-state index is 13.8. The van der Waals surface area contributed by atoms with E-state index in [1.807, 2.05) is 0 Å². The van der Waals surface area contributed by atoms with Crippen LogP contribution in [0.5, 0.6) is 40.2 Å². The molecule has 0 saturated carbocycles. The Kier molecular flexibility index (Phi) is 22.8. The average molecular weight is 1130 g/mol. The molecule has 0 aliphatic carbocycles. The number of benzene rings is 4. The fourth-order valence-electron chi connectivity index (χ4n) is 6.67. The molecule has 0 aliphatic rings. The molecular weight excluding hydrogens is 1100 g/mol. The molecule has 0 unspecified atom stereocenters. The van der Waals surface area contributed by atoms with Crippen LogP contribution in [-0.2, 0) is 61.3 Å². The molecule has 3 aromatic heterocycles. The van der Waals surface area contributed by atoms with E-state index in [0.29, 0.717) is 29.3 Å². The van der Waals surface area contributed by atoms with E-state index in [1.165, 1.54) is 40.8 Å². The Balaban J connectivity index is 0.00000352. The minimum atomic E-state index is -5.73. The summed E-state index contributed by atoms with van der Waals surface area (Å²) >= 11 is 0. The van der Waals surface area contributed by atoms with Gasteiger partial charge in [0.15, 0.2) is 28.8 Å². The molecule has 0 N–H and O–H groups in total. The third-order valence-corrected chi connectivity index (χ3v) is 10.9. The van der Waals surface area contributed by atoms with Crippen molar-refractivity contribution >= 4 is 63.5 Å². The van der Waals surface area contributed by atoms with Crippen LogP contribution in [-0.4, -0.2) is 90.6 Å². The van der Waals surface area contributed by atoms with Crippen molar-refractivity contribution in [2.24, 2.45) is 0 Å². The Labute approximate surface area is 502 Å². The first-order valence-electron chi connectivity index (χ1n) is 19.0. The van der Waals surface area contributed by atoms with Gasteiger partial charge in [0.2, 0.25) is 11.2 Å². The third kappa shape index (κ3) is 16.8. The fraction of sp³-hybridized carbons (Fsp3) is 0.184. The minimum Gasteiger partial charge on any atom is -0.716 e. The van der Waals surface area contributed by atoms with E-state index < -0.39 is 110 Å². The van der Waals surface area contributed by atoms with Crippen LogP contribution in [0.15, 0.2) is 93.0 Å². The Morgan fingerprint density at radius 3 is 1.82 bits per heavy atom. The largest absolute Gasteiger partial charge is 1.00 e. The topological polar surface area (TPSA) is 389 Å². The number of methoxy groups -OCH3 is 2. The third-order valence-electron chi connectivity index (χ3n) is 9.35. The van der Waals surface area contributed by atoms with Crippen molar-refractivity contribution in [3.63, 3.8) is 0 Å². The van der Waals surface area contributed by atoms with Gasteiger partial charge in [-0.3, -0.25) is 18.8 Å². The average Bonchev–Trinajstić information content (AvgIpc) is 3.71. The van der Waals surface area contributed by atoms with Crippen LogP contribution in [0.1, 0.15) is 18.5 Å². The van der Waals surface area contributed by atoms with Crippen molar-refractivity contribution in [1.82, 2.24) is 24.5 Å². The van der Waals surface area contributed by atoms with Crippen LogP contribution in [0.3, 0.4) is 0 Å². The zero-order valence-corrected chi connectivity index (χ0v) is 50.2.